The van der Waals surface area contributed by atoms with E-state index in [-0.39, 0.29) is 6.10 Å². The van der Waals surface area contributed by atoms with E-state index in [1.165, 1.54) is 0 Å². The normalized spacial score (nSPS) is 15.1. The predicted octanol–water partition coefficient (Wildman–Crippen LogP) is 4.08. The lowest BCUT2D eigenvalue weighted by Gasteiger charge is -2.27. The Morgan fingerprint density at radius 2 is 1.54 bits per heavy atom. The van der Waals surface area contributed by atoms with Crippen molar-refractivity contribution in [2.24, 2.45) is 0 Å². The minimum Gasteiger partial charge on any atom is -0.378 e. The maximum atomic E-state index is 13.6. The molecular formula is C19H26NO3P. The van der Waals surface area contributed by atoms with Gasteiger partial charge in [-0.2, -0.15) is 0 Å². The summed E-state index contributed by atoms with van der Waals surface area (Å²) >= 11 is 0. The molecule has 0 saturated heterocycles. The monoisotopic (exact) mass is 347 g/mol. The average Bonchev–Trinajstić information content (AvgIpc) is 2.54. The van der Waals surface area contributed by atoms with Gasteiger partial charge in [0.25, 0.3) is 7.37 Å². The molecule has 0 aromatic heterocycles. The van der Waals surface area contributed by atoms with Crippen molar-refractivity contribution in [3.63, 3.8) is 0 Å². The van der Waals surface area contributed by atoms with Gasteiger partial charge in [-0.15, -0.1) is 0 Å². The van der Waals surface area contributed by atoms with Crippen molar-refractivity contribution in [2.45, 2.75) is 32.7 Å². The second-order valence-corrected chi connectivity index (χ2v) is 8.86. The van der Waals surface area contributed by atoms with Crippen LogP contribution in [0.5, 0.6) is 0 Å². The minimum atomic E-state index is -3.47. The lowest BCUT2D eigenvalue weighted by atomic mass is 10.2. The van der Waals surface area contributed by atoms with Crippen molar-refractivity contribution >= 4 is 18.4 Å². The van der Waals surface area contributed by atoms with E-state index in [0.717, 1.165) is 11.3 Å². The molecule has 24 heavy (non-hydrogen) atoms. The van der Waals surface area contributed by atoms with E-state index < -0.39 is 13.2 Å². The van der Waals surface area contributed by atoms with Gasteiger partial charge in [-0.3, -0.25) is 4.57 Å². The van der Waals surface area contributed by atoms with Gasteiger partial charge in [0, 0.05) is 25.1 Å². The van der Waals surface area contributed by atoms with E-state index in [4.69, 9.17) is 4.52 Å². The van der Waals surface area contributed by atoms with Crippen LogP contribution in [0.1, 0.15) is 30.8 Å². The summed E-state index contributed by atoms with van der Waals surface area (Å²) in [5.41, 5.74) is 2.68. The summed E-state index contributed by atoms with van der Waals surface area (Å²) in [5, 5.41) is 11.3. The Morgan fingerprint density at radius 1 is 1.00 bits per heavy atom. The van der Waals surface area contributed by atoms with E-state index in [2.05, 4.69) is 0 Å². The van der Waals surface area contributed by atoms with E-state index in [9.17, 15) is 9.67 Å². The van der Waals surface area contributed by atoms with Crippen molar-refractivity contribution in [2.75, 3.05) is 19.0 Å². The lowest BCUT2D eigenvalue weighted by molar-refractivity contribution is 0.189. The molecule has 0 fully saturated rings. The molecule has 1 N–H and O–H groups in total. The number of anilines is 1. The highest BCUT2D eigenvalue weighted by atomic mass is 31.2. The molecule has 0 radical (unpaired) electrons. The molecule has 0 aliphatic heterocycles. The average molecular weight is 347 g/mol. The summed E-state index contributed by atoms with van der Waals surface area (Å²) in [5.74, 6) is -1.19. The topological polar surface area (TPSA) is 49.8 Å². The number of hydrogen-bond donors (Lipinski definition) is 1. The number of aliphatic hydroxyl groups excluding tert-OH is 1. The van der Waals surface area contributed by atoms with Crippen molar-refractivity contribution in [1.82, 2.24) is 0 Å². The highest BCUT2D eigenvalue weighted by Gasteiger charge is 2.37. The number of nitrogens with zero attached hydrogens (tertiary/aromatic N) is 1. The van der Waals surface area contributed by atoms with E-state index in [1.54, 1.807) is 24.3 Å². The molecule has 4 nitrogen and oxygen atoms in total. The first-order valence-corrected chi connectivity index (χ1v) is 9.74. The SMILES string of the molecule is Cc1ccc([C@H](O)[P@](=O)(OC(C)C)c2ccc(N(C)C)cc2)cc1. The van der Waals surface area contributed by atoms with Gasteiger partial charge in [0.15, 0.2) is 5.85 Å². The molecule has 2 atom stereocenters. The highest BCUT2D eigenvalue weighted by molar-refractivity contribution is 7.67. The Labute approximate surface area is 144 Å². The molecule has 0 aliphatic rings. The highest BCUT2D eigenvalue weighted by Crippen LogP contribution is 2.58. The fourth-order valence-corrected chi connectivity index (χ4v) is 4.74. The zero-order chi connectivity index (χ0) is 17.9. The first kappa shape index (κ1) is 18.7. The minimum absolute atomic E-state index is 0.260. The van der Waals surface area contributed by atoms with Crippen molar-refractivity contribution in [3.8, 4) is 0 Å². The van der Waals surface area contributed by atoms with Crippen molar-refractivity contribution < 1.29 is 14.2 Å². The number of aryl methyl sites for hydroxylation is 1. The van der Waals surface area contributed by atoms with E-state index in [1.807, 2.05) is 64.0 Å². The zero-order valence-electron chi connectivity index (χ0n) is 14.9. The van der Waals surface area contributed by atoms with Gasteiger partial charge >= 0.3 is 0 Å². The molecule has 0 saturated carbocycles. The van der Waals surface area contributed by atoms with Crippen LogP contribution in [0, 0.1) is 6.92 Å². The van der Waals surface area contributed by atoms with Crippen LogP contribution in [-0.4, -0.2) is 25.3 Å². The Hall–Kier alpha value is -1.61. The zero-order valence-corrected chi connectivity index (χ0v) is 15.8. The Morgan fingerprint density at radius 3 is 2.00 bits per heavy atom. The number of hydrogen-bond acceptors (Lipinski definition) is 4. The van der Waals surface area contributed by atoms with Crippen molar-refractivity contribution in [3.05, 3.63) is 59.7 Å². The molecule has 0 spiro atoms. The third-order valence-electron chi connectivity index (χ3n) is 3.79. The van der Waals surface area contributed by atoms with Gasteiger partial charge < -0.3 is 14.5 Å². The molecule has 130 valence electrons. The van der Waals surface area contributed by atoms with Gasteiger partial charge in [0.2, 0.25) is 0 Å². The quantitative estimate of drug-likeness (QED) is 0.800. The second-order valence-electron chi connectivity index (χ2n) is 6.45. The van der Waals surface area contributed by atoms with Gasteiger partial charge in [0.1, 0.15) is 0 Å². The number of aliphatic hydroxyl groups is 1. The summed E-state index contributed by atoms with van der Waals surface area (Å²) in [4.78, 5) is 1.97. The number of rotatable bonds is 6. The fourth-order valence-electron chi connectivity index (χ4n) is 2.47. The van der Waals surface area contributed by atoms with Crippen LogP contribution in [-0.2, 0) is 9.09 Å². The van der Waals surface area contributed by atoms with Crippen LogP contribution >= 0.6 is 7.37 Å². The lowest BCUT2D eigenvalue weighted by Crippen LogP contribution is -2.18. The summed E-state index contributed by atoms with van der Waals surface area (Å²) in [6.07, 6.45) is -0.260. The number of benzene rings is 2. The van der Waals surface area contributed by atoms with Gasteiger partial charge in [-0.25, -0.2) is 0 Å². The summed E-state index contributed by atoms with van der Waals surface area (Å²) in [6, 6.07) is 14.7. The van der Waals surface area contributed by atoms with Crippen LogP contribution in [0.25, 0.3) is 0 Å². The van der Waals surface area contributed by atoms with Crippen LogP contribution in [0.15, 0.2) is 48.5 Å². The predicted molar refractivity (Wildman–Crippen MR) is 100 cm³/mol. The molecule has 2 aromatic rings. The second kappa shape index (κ2) is 7.52. The first-order valence-electron chi connectivity index (χ1n) is 8.04. The standard InChI is InChI=1S/C19H26NO3P/c1-14(2)23-24(22,18-12-10-17(11-13-18)20(4)5)19(21)16-8-6-15(3)7-9-16/h6-14,19,21H,1-5H3/t19-,24-/m1/s1. The summed E-state index contributed by atoms with van der Waals surface area (Å²) in [6.45, 7) is 5.62. The molecule has 5 heteroatoms. The van der Waals surface area contributed by atoms with Crippen LogP contribution in [0.4, 0.5) is 5.69 Å². The molecule has 2 aromatic carbocycles. The Kier molecular flexibility index (Phi) is 5.87. The van der Waals surface area contributed by atoms with Gasteiger partial charge in [-0.1, -0.05) is 29.8 Å². The van der Waals surface area contributed by atoms with E-state index >= 15 is 0 Å². The maximum absolute atomic E-state index is 13.6. The smallest absolute Gasteiger partial charge is 0.264 e. The molecule has 0 unspecified atom stereocenters. The summed E-state index contributed by atoms with van der Waals surface area (Å²) < 4.78 is 19.4. The Bertz CT molecular complexity index is 708. The van der Waals surface area contributed by atoms with Crippen LogP contribution < -0.4 is 10.2 Å². The first-order chi connectivity index (χ1) is 11.2. The molecule has 0 heterocycles. The molecular weight excluding hydrogens is 321 g/mol. The van der Waals surface area contributed by atoms with Gasteiger partial charge in [0.05, 0.1) is 6.10 Å². The maximum Gasteiger partial charge on any atom is 0.264 e. The Balaban J connectivity index is 2.45. The molecule has 0 aliphatic carbocycles. The molecule has 0 bridgehead atoms. The third-order valence-corrected chi connectivity index (χ3v) is 6.49. The molecule has 2 rings (SSSR count). The van der Waals surface area contributed by atoms with Crippen LogP contribution in [0.2, 0.25) is 0 Å². The molecule has 0 amide bonds. The van der Waals surface area contributed by atoms with Crippen molar-refractivity contribution in [1.29, 1.82) is 0 Å². The van der Waals surface area contributed by atoms with E-state index in [0.29, 0.717) is 10.9 Å². The largest absolute Gasteiger partial charge is 0.378 e. The third kappa shape index (κ3) is 4.07. The van der Waals surface area contributed by atoms with Gasteiger partial charge in [-0.05, 0) is 50.6 Å². The van der Waals surface area contributed by atoms with Crippen LogP contribution in [0.3, 0.4) is 0 Å². The summed E-state index contributed by atoms with van der Waals surface area (Å²) in [7, 11) is 0.421. The fraction of sp³-hybridized carbons (Fsp3) is 0.368.